The summed E-state index contributed by atoms with van der Waals surface area (Å²) in [6.07, 6.45) is 1.29. The minimum absolute atomic E-state index is 0.0885. The maximum Gasteiger partial charge on any atom is 0.264 e. The van der Waals surface area contributed by atoms with Crippen molar-refractivity contribution < 1.29 is 9.53 Å². The van der Waals surface area contributed by atoms with Crippen molar-refractivity contribution in [1.82, 2.24) is 20.0 Å². The first-order valence-electron chi connectivity index (χ1n) is 9.25. The minimum atomic E-state index is -0.297. The first kappa shape index (κ1) is 18.0. The van der Waals surface area contributed by atoms with Gasteiger partial charge in [-0.1, -0.05) is 19.1 Å². The molecule has 0 unspecified atom stereocenters. The molecule has 1 aliphatic heterocycles. The van der Waals surface area contributed by atoms with Gasteiger partial charge in [0.25, 0.3) is 5.56 Å². The molecule has 2 N–H and O–H groups in total. The number of anilines is 1. The first-order chi connectivity index (χ1) is 13.6. The van der Waals surface area contributed by atoms with Crippen LogP contribution in [0.4, 0.5) is 5.82 Å². The quantitative estimate of drug-likeness (QED) is 0.709. The van der Waals surface area contributed by atoms with E-state index in [0.717, 1.165) is 29.0 Å². The highest BCUT2D eigenvalue weighted by Crippen LogP contribution is 2.40. The summed E-state index contributed by atoms with van der Waals surface area (Å²) in [5.41, 5.74) is 2.49. The van der Waals surface area contributed by atoms with E-state index in [-0.39, 0.29) is 17.4 Å². The fourth-order valence-electron chi connectivity index (χ4n) is 3.47. The van der Waals surface area contributed by atoms with E-state index >= 15 is 0 Å². The monoisotopic (exact) mass is 379 g/mol. The Morgan fingerprint density at radius 1 is 1.18 bits per heavy atom. The van der Waals surface area contributed by atoms with Crippen LogP contribution in [0.15, 0.2) is 41.2 Å². The maximum absolute atomic E-state index is 12.4. The Bertz CT molecular complexity index is 1050. The van der Waals surface area contributed by atoms with Crippen LogP contribution < -0.4 is 15.6 Å². The van der Waals surface area contributed by atoms with E-state index < -0.39 is 0 Å². The van der Waals surface area contributed by atoms with Crippen molar-refractivity contribution >= 4 is 11.7 Å². The Morgan fingerprint density at radius 2 is 1.96 bits per heavy atom. The minimum Gasteiger partial charge on any atom is -0.494 e. The van der Waals surface area contributed by atoms with Gasteiger partial charge in [0, 0.05) is 24.0 Å². The Morgan fingerprint density at radius 3 is 2.64 bits per heavy atom. The number of nitrogens with one attached hydrogen (secondary N) is 2. The molecule has 0 fully saturated rings. The summed E-state index contributed by atoms with van der Waals surface area (Å²) in [5.74, 6) is 1.64. The summed E-state index contributed by atoms with van der Waals surface area (Å²) in [4.78, 5) is 23.7. The van der Waals surface area contributed by atoms with Gasteiger partial charge >= 0.3 is 0 Å². The van der Waals surface area contributed by atoms with E-state index in [0.29, 0.717) is 24.7 Å². The summed E-state index contributed by atoms with van der Waals surface area (Å²) in [5, 5.41) is 13.9. The number of ether oxygens (including phenoxy) is 1. The molecule has 4 rings (SSSR count). The van der Waals surface area contributed by atoms with Crippen LogP contribution in [-0.2, 0) is 4.79 Å². The third kappa shape index (κ3) is 3.28. The lowest BCUT2D eigenvalue weighted by Gasteiger charge is -2.24. The summed E-state index contributed by atoms with van der Waals surface area (Å²) in [6.45, 7) is 4.64. The number of carbonyl (C=O) groups excluding carboxylic acids is 1. The second kappa shape index (κ2) is 7.30. The van der Waals surface area contributed by atoms with Crippen LogP contribution in [0.3, 0.4) is 0 Å². The van der Waals surface area contributed by atoms with E-state index in [1.807, 2.05) is 31.2 Å². The number of benzene rings is 1. The molecule has 0 bridgehead atoms. The lowest BCUT2D eigenvalue weighted by Crippen LogP contribution is -2.25. The van der Waals surface area contributed by atoms with Crippen LogP contribution in [-0.4, -0.2) is 32.5 Å². The molecule has 3 aromatic rings. The number of aryl methyl sites for hydroxylation is 1. The number of fused-ring (bicyclic) bond motifs is 1. The van der Waals surface area contributed by atoms with Crippen molar-refractivity contribution in [2.45, 2.75) is 32.6 Å². The van der Waals surface area contributed by atoms with E-state index in [4.69, 9.17) is 4.74 Å². The molecule has 1 aromatic carbocycles. The molecular weight excluding hydrogens is 358 g/mol. The Balaban J connectivity index is 1.74. The highest BCUT2D eigenvalue weighted by Gasteiger charge is 2.32. The number of amides is 1. The van der Waals surface area contributed by atoms with Crippen molar-refractivity contribution in [2.24, 2.45) is 0 Å². The van der Waals surface area contributed by atoms with Crippen molar-refractivity contribution in [3.8, 4) is 11.6 Å². The summed E-state index contributed by atoms with van der Waals surface area (Å²) in [6, 6.07) is 10.8. The van der Waals surface area contributed by atoms with Gasteiger partial charge in [-0.3, -0.25) is 9.59 Å². The average molecular weight is 379 g/mol. The molecule has 1 atom stereocenters. The normalized spacial score (nSPS) is 15.8. The van der Waals surface area contributed by atoms with Gasteiger partial charge in [-0.05, 0) is 37.1 Å². The number of aromatic amines is 1. The zero-order valence-electron chi connectivity index (χ0n) is 15.7. The molecule has 28 heavy (non-hydrogen) atoms. The second-order valence-corrected chi connectivity index (χ2v) is 6.76. The predicted molar refractivity (Wildman–Crippen MR) is 104 cm³/mol. The van der Waals surface area contributed by atoms with Gasteiger partial charge < -0.3 is 10.1 Å². The van der Waals surface area contributed by atoms with Gasteiger partial charge in [0.05, 0.1) is 12.3 Å². The molecule has 144 valence electrons. The van der Waals surface area contributed by atoms with Crippen LogP contribution in [0.25, 0.3) is 5.82 Å². The maximum atomic E-state index is 12.4. The second-order valence-electron chi connectivity index (χ2n) is 6.76. The van der Waals surface area contributed by atoms with Gasteiger partial charge in [-0.25, -0.2) is 5.10 Å². The number of hydrogen-bond donors (Lipinski definition) is 2. The zero-order chi connectivity index (χ0) is 19.7. The molecule has 0 radical (unpaired) electrons. The van der Waals surface area contributed by atoms with Crippen LogP contribution in [0.1, 0.15) is 42.5 Å². The fraction of sp³-hybridized carbons (Fsp3) is 0.300. The molecule has 0 saturated carbocycles. The van der Waals surface area contributed by atoms with Crippen LogP contribution in [0, 0.1) is 6.92 Å². The third-order valence-electron chi connectivity index (χ3n) is 4.74. The summed E-state index contributed by atoms with van der Waals surface area (Å²) in [7, 11) is 0. The molecule has 1 aliphatic rings. The van der Waals surface area contributed by atoms with Crippen LogP contribution in [0.5, 0.6) is 5.75 Å². The Labute approximate surface area is 161 Å². The average Bonchev–Trinajstić information content (AvgIpc) is 3.03. The molecule has 3 heterocycles. The highest BCUT2D eigenvalue weighted by atomic mass is 16.5. The number of carbonyl (C=O) groups is 1. The highest BCUT2D eigenvalue weighted by molar-refractivity contribution is 5.95. The van der Waals surface area contributed by atoms with E-state index in [1.165, 1.54) is 6.07 Å². The molecule has 8 nitrogen and oxygen atoms in total. The number of hydrogen-bond acceptors (Lipinski definition) is 5. The van der Waals surface area contributed by atoms with E-state index in [9.17, 15) is 9.59 Å². The number of rotatable bonds is 5. The summed E-state index contributed by atoms with van der Waals surface area (Å²) >= 11 is 0. The standard InChI is InChI=1S/C20H21N5O3/c1-3-10-28-14-6-4-13(5-7-14)15-11-18(27)21-20-19(15)12(2)24-25(20)16-8-9-17(26)23-22-16/h4-9,15H,3,10-11H2,1-2H3,(H,21,27)(H,23,26)/t15-/m0/s1. The van der Waals surface area contributed by atoms with Crippen molar-refractivity contribution in [2.75, 3.05) is 11.9 Å². The van der Waals surface area contributed by atoms with E-state index in [1.54, 1.807) is 10.7 Å². The molecule has 0 saturated heterocycles. The van der Waals surface area contributed by atoms with Gasteiger partial charge in [0.15, 0.2) is 5.82 Å². The van der Waals surface area contributed by atoms with Crippen molar-refractivity contribution in [3.05, 3.63) is 63.6 Å². The zero-order valence-corrected chi connectivity index (χ0v) is 15.7. The van der Waals surface area contributed by atoms with E-state index in [2.05, 4.69) is 27.5 Å². The SMILES string of the molecule is CCCOc1ccc([C@@H]2CC(=O)Nc3c2c(C)nn3-c2ccc(=O)[nH]n2)cc1. The van der Waals surface area contributed by atoms with Crippen molar-refractivity contribution in [1.29, 1.82) is 0 Å². The molecule has 0 aliphatic carbocycles. The molecule has 1 amide bonds. The van der Waals surface area contributed by atoms with Gasteiger partial charge in [0.1, 0.15) is 11.6 Å². The molecular formula is C20H21N5O3. The Hall–Kier alpha value is -3.42. The van der Waals surface area contributed by atoms with Gasteiger partial charge in [-0.15, -0.1) is 0 Å². The van der Waals surface area contributed by atoms with Gasteiger partial charge in [-0.2, -0.15) is 14.9 Å². The predicted octanol–water partition coefficient (Wildman–Crippen LogP) is 2.53. The fourth-order valence-corrected chi connectivity index (χ4v) is 3.47. The molecule has 0 spiro atoms. The Kier molecular flexibility index (Phi) is 4.68. The third-order valence-corrected chi connectivity index (χ3v) is 4.74. The lowest BCUT2D eigenvalue weighted by molar-refractivity contribution is -0.116. The molecule has 2 aromatic heterocycles. The lowest BCUT2D eigenvalue weighted by atomic mass is 9.86. The largest absolute Gasteiger partial charge is 0.494 e. The number of nitrogens with zero attached hydrogens (tertiary/aromatic N) is 3. The van der Waals surface area contributed by atoms with Crippen LogP contribution >= 0.6 is 0 Å². The van der Waals surface area contributed by atoms with Crippen molar-refractivity contribution in [3.63, 3.8) is 0 Å². The molecule has 8 heteroatoms. The van der Waals surface area contributed by atoms with Gasteiger partial charge in [0.2, 0.25) is 5.91 Å². The smallest absolute Gasteiger partial charge is 0.264 e. The van der Waals surface area contributed by atoms with Crippen LogP contribution in [0.2, 0.25) is 0 Å². The summed E-state index contributed by atoms with van der Waals surface area (Å²) < 4.78 is 7.21. The number of aromatic nitrogens is 4. The topological polar surface area (TPSA) is 102 Å². The number of H-pyrrole nitrogens is 1. The first-order valence-corrected chi connectivity index (χ1v) is 9.25.